The Morgan fingerprint density at radius 3 is 2.33 bits per heavy atom. The van der Waals surface area contributed by atoms with Crippen LogP contribution in [-0.2, 0) is 22.7 Å². The number of carbonyl (C=O) groups is 4. The summed E-state index contributed by atoms with van der Waals surface area (Å²) in [6, 6.07) is 20.5. The van der Waals surface area contributed by atoms with Crippen LogP contribution in [0.4, 0.5) is 11.4 Å². The number of rotatable bonds is 7. The van der Waals surface area contributed by atoms with Gasteiger partial charge in [0.2, 0.25) is 11.8 Å². The predicted molar refractivity (Wildman–Crippen MR) is 165 cm³/mol. The van der Waals surface area contributed by atoms with Crippen LogP contribution in [-0.4, -0.2) is 64.6 Å². The minimum absolute atomic E-state index is 0.0164. The minimum Gasteiger partial charge on any atom is -0.380 e. The van der Waals surface area contributed by atoms with Crippen molar-refractivity contribution in [2.75, 3.05) is 29.9 Å². The SMILES string of the molecule is CC1(C)CN(c2ccc(Cl)cc2)CCN1Cc1ccc(CNc2cccc3c2C(=O)N(C2CCC(=O)NC2=O)C3=O)cc1. The number of hydrogen-bond acceptors (Lipinski definition) is 7. The van der Waals surface area contributed by atoms with E-state index in [0.717, 1.165) is 41.7 Å². The van der Waals surface area contributed by atoms with Crippen molar-refractivity contribution in [2.45, 2.75) is 51.4 Å². The van der Waals surface area contributed by atoms with Gasteiger partial charge < -0.3 is 10.2 Å². The van der Waals surface area contributed by atoms with Crippen molar-refractivity contribution in [2.24, 2.45) is 0 Å². The van der Waals surface area contributed by atoms with E-state index in [2.05, 4.69) is 70.7 Å². The van der Waals surface area contributed by atoms with E-state index in [0.29, 0.717) is 12.2 Å². The summed E-state index contributed by atoms with van der Waals surface area (Å²) < 4.78 is 0. The van der Waals surface area contributed by atoms with Gasteiger partial charge in [-0.1, -0.05) is 41.9 Å². The highest BCUT2D eigenvalue weighted by Crippen LogP contribution is 2.33. The molecule has 2 saturated heterocycles. The molecule has 6 rings (SSSR count). The van der Waals surface area contributed by atoms with Crippen LogP contribution in [0.15, 0.2) is 66.7 Å². The molecule has 4 amide bonds. The van der Waals surface area contributed by atoms with Crippen molar-refractivity contribution in [3.8, 4) is 0 Å². The summed E-state index contributed by atoms with van der Waals surface area (Å²) >= 11 is 6.08. The molecule has 3 aromatic rings. The number of piperidine rings is 1. The maximum atomic E-state index is 13.4. The lowest BCUT2D eigenvalue weighted by molar-refractivity contribution is -0.136. The van der Waals surface area contributed by atoms with Gasteiger partial charge in [-0.05, 0) is 67.8 Å². The number of nitrogens with zero attached hydrogens (tertiary/aromatic N) is 3. The van der Waals surface area contributed by atoms with Crippen molar-refractivity contribution in [3.63, 3.8) is 0 Å². The molecule has 2 fully saturated rings. The lowest BCUT2D eigenvalue weighted by Crippen LogP contribution is -2.58. The zero-order chi connectivity index (χ0) is 30.3. The number of amides is 4. The van der Waals surface area contributed by atoms with Crippen molar-refractivity contribution in [1.82, 2.24) is 15.1 Å². The Hall–Kier alpha value is -4.21. The molecule has 0 aromatic heterocycles. The second-order valence-electron chi connectivity index (χ2n) is 12.0. The van der Waals surface area contributed by atoms with Gasteiger partial charge in [0.05, 0.1) is 11.1 Å². The summed E-state index contributed by atoms with van der Waals surface area (Å²) in [5, 5.41) is 6.29. The molecule has 0 aliphatic carbocycles. The Kier molecular flexibility index (Phi) is 7.70. The van der Waals surface area contributed by atoms with Crippen LogP contribution in [0.1, 0.15) is 58.5 Å². The normalized spacial score (nSPS) is 20.3. The van der Waals surface area contributed by atoms with Crippen molar-refractivity contribution < 1.29 is 19.2 Å². The van der Waals surface area contributed by atoms with Crippen LogP contribution in [0.2, 0.25) is 5.02 Å². The van der Waals surface area contributed by atoms with Gasteiger partial charge in [-0.2, -0.15) is 0 Å². The standard InChI is InChI=1S/C33H34ClN5O4/c1-33(2)20-37(24-12-10-23(34)11-13-24)16-17-38(33)19-22-8-6-21(7-9-22)18-35-26-5-3-4-25-29(26)32(43)39(31(25)42)27-14-15-28(40)36-30(27)41/h3-13,27,35H,14-20H2,1-2H3,(H,36,40,41). The molecule has 10 heteroatoms. The van der Waals surface area contributed by atoms with Crippen molar-refractivity contribution in [1.29, 1.82) is 0 Å². The smallest absolute Gasteiger partial charge is 0.264 e. The van der Waals surface area contributed by atoms with E-state index in [9.17, 15) is 19.2 Å². The highest BCUT2D eigenvalue weighted by atomic mass is 35.5. The van der Waals surface area contributed by atoms with Crippen molar-refractivity contribution in [3.05, 3.63) is 94.0 Å². The van der Waals surface area contributed by atoms with Gasteiger partial charge in [0.1, 0.15) is 6.04 Å². The number of nitrogens with one attached hydrogen (secondary N) is 2. The molecule has 3 heterocycles. The van der Waals surface area contributed by atoms with E-state index in [1.165, 1.54) is 11.3 Å². The molecular formula is C33H34ClN5O4. The number of piperazine rings is 1. The van der Waals surface area contributed by atoms with E-state index in [1.54, 1.807) is 18.2 Å². The number of hydrogen-bond donors (Lipinski definition) is 2. The summed E-state index contributed by atoms with van der Waals surface area (Å²) in [5.41, 5.74) is 4.48. The van der Waals surface area contributed by atoms with Gasteiger partial charge in [0.25, 0.3) is 11.8 Å². The largest absolute Gasteiger partial charge is 0.380 e. The van der Waals surface area contributed by atoms with Crippen LogP contribution in [0.3, 0.4) is 0 Å². The lowest BCUT2D eigenvalue weighted by atomic mass is 9.97. The predicted octanol–water partition coefficient (Wildman–Crippen LogP) is 4.45. The zero-order valence-electron chi connectivity index (χ0n) is 24.2. The number of carbonyl (C=O) groups excluding carboxylic acids is 4. The molecule has 3 aliphatic rings. The minimum atomic E-state index is -0.990. The first kappa shape index (κ1) is 28.9. The molecule has 0 spiro atoms. The third-order valence-corrected chi connectivity index (χ3v) is 8.86. The average Bonchev–Trinajstić information content (AvgIpc) is 3.24. The zero-order valence-corrected chi connectivity index (χ0v) is 25.0. The number of fused-ring (bicyclic) bond motifs is 1. The molecule has 0 bridgehead atoms. The van der Waals surface area contributed by atoms with Gasteiger partial charge >= 0.3 is 0 Å². The summed E-state index contributed by atoms with van der Waals surface area (Å²) in [6.45, 7) is 8.66. The lowest BCUT2D eigenvalue weighted by Gasteiger charge is -2.48. The molecule has 43 heavy (non-hydrogen) atoms. The fourth-order valence-electron chi connectivity index (χ4n) is 6.20. The number of benzene rings is 3. The van der Waals surface area contributed by atoms with Crippen LogP contribution in [0, 0.1) is 0 Å². The van der Waals surface area contributed by atoms with Crippen molar-refractivity contribution >= 4 is 46.6 Å². The van der Waals surface area contributed by atoms with Gasteiger partial charge in [-0.3, -0.25) is 34.3 Å². The number of halogens is 1. The second kappa shape index (κ2) is 11.5. The Morgan fingerprint density at radius 1 is 0.907 bits per heavy atom. The van der Waals surface area contributed by atoms with E-state index in [1.807, 2.05) is 12.1 Å². The van der Waals surface area contributed by atoms with Crippen LogP contribution < -0.4 is 15.5 Å². The summed E-state index contributed by atoms with van der Waals surface area (Å²) in [7, 11) is 0. The Labute approximate surface area is 255 Å². The second-order valence-corrected chi connectivity index (χ2v) is 12.4. The third kappa shape index (κ3) is 5.75. The molecule has 3 aromatic carbocycles. The monoisotopic (exact) mass is 599 g/mol. The number of anilines is 2. The van der Waals surface area contributed by atoms with E-state index in [-0.39, 0.29) is 29.5 Å². The molecule has 9 nitrogen and oxygen atoms in total. The Balaban J connectivity index is 1.08. The number of imide groups is 2. The molecular weight excluding hydrogens is 566 g/mol. The highest BCUT2D eigenvalue weighted by Gasteiger charge is 2.45. The summed E-state index contributed by atoms with van der Waals surface area (Å²) in [4.78, 5) is 56.3. The van der Waals surface area contributed by atoms with E-state index < -0.39 is 29.7 Å². The molecule has 2 N–H and O–H groups in total. The first-order valence-corrected chi connectivity index (χ1v) is 14.9. The molecule has 1 atom stereocenters. The Morgan fingerprint density at radius 2 is 1.63 bits per heavy atom. The quantitative estimate of drug-likeness (QED) is 0.387. The molecule has 222 valence electrons. The fourth-order valence-corrected chi connectivity index (χ4v) is 6.32. The first-order chi connectivity index (χ1) is 20.6. The van der Waals surface area contributed by atoms with Crippen LogP contribution >= 0.6 is 11.6 Å². The van der Waals surface area contributed by atoms with Crippen LogP contribution in [0.25, 0.3) is 0 Å². The molecule has 0 radical (unpaired) electrons. The average molecular weight is 600 g/mol. The maximum Gasteiger partial charge on any atom is 0.264 e. The Bertz CT molecular complexity index is 1590. The molecule has 0 saturated carbocycles. The van der Waals surface area contributed by atoms with E-state index in [4.69, 9.17) is 11.6 Å². The summed E-state index contributed by atoms with van der Waals surface area (Å²) in [6.07, 6.45) is 0.211. The maximum absolute atomic E-state index is 13.4. The van der Waals surface area contributed by atoms with Crippen LogP contribution in [0.5, 0.6) is 0 Å². The van der Waals surface area contributed by atoms with E-state index >= 15 is 0 Å². The highest BCUT2D eigenvalue weighted by molar-refractivity contribution is 6.30. The summed E-state index contributed by atoms with van der Waals surface area (Å²) in [5.74, 6) is -2.05. The third-order valence-electron chi connectivity index (χ3n) is 8.61. The molecule has 3 aliphatic heterocycles. The molecule has 1 unspecified atom stereocenters. The topological polar surface area (TPSA) is 102 Å². The van der Waals surface area contributed by atoms with Gasteiger partial charge in [-0.25, -0.2) is 0 Å². The van der Waals surface area contributed by atoms with Gasteiger partial charge in [0, 0.05) is 61.1 Å². The fraction of sp³-hybridized carbons (Fsp3) is 0.333. The van der Waals surface area contributed by atoms with Gasteiger partial charge in [0.15, 0.2) is 0 Å². The van der Waals surface area contributed by atoms with Gasteiger partial charge in [-0.15, -0.1) is 0 Å². The first-order valence-electron chi connectivity index (χ1n) is 14.5.